The number of hydrogen-bond donors (Lipinski definition) is 0. The molecule has 0 radical (unpaired) electrons. The topological polar surface area (TPSA) is 59.7 Å². The maximum Gasteiger partial charge on any atom is 0.573 e. The highest BCUT2D eigenvalue weighted by molar-refractivity contribution is 7.16. The fraction of sp³-hybridized carbons (Fsp3) is 0.312. The Morgan fingerprint density at radius 2 is 1.92 bits per heavy atom. The van der Waals surface area contributed by atoms with Crippen LogP contribution < -0.4 is 10.3 Å². The van der Waals surface area contributed by atoms with Crippen molar-refractivity contribution in [3.8, 4) is 5.75 Å². The molecule has 0 atom stereocenters. The monoisotopic (exact) mass is 384 g/mol. The molecule has 3 aromatic rings. The molecule has 2 aromatic heterocycles. The van der Waals surface area contributed by atoms with E-state index in [9.17, 15) is 18.0 Å². The lowest BCUT2D eigenvalue weighted by Crippen LogP contribution is -2.21. The highest BCUT2D eigenvalue weighted by Crippen LogP contribution is 2.23. The van der Waals surface area contributed by atoms with Crippen LogP contribution in [0.5, 0.6) is 5.75 Å². The number of ether oxygens (including phenoxy) is 1. The third kappa shape index (κ3) is 4.58. The number of halogens is 3. The van der Waals surface area contributed by atoms with Crippen LogP contribution in [-0.4, -0.2) is 32.9 Å². The average molecular weight is 384 g/mol. The lowest BCUT2D eigenvalue weighted by atomic mass is 10.2. The minimum Gasteiger partial charge on any atom is -0.406 e. The van der Waals surface area contributed by atoms with Gasteiger partial charge >= 0.3 is 6.36 Å². The standard InChI is InChI=1S/C16H15F3N4O2S/c1-10-21-23-14(24)7-12(20-15(23)26-10)9-22(2)8-11-3-5-13(6-4-11)25-16(17,18)19/h3-7H,8-9H2,1-2H3. The van der Waals surface area contributed by atoms with Crippen LogP contribution in [0.4, 0.5) is 13.2 Å². The molecule has 0 aliphatic rings. The van der Waals surface area contributed by atoms with Gasteiger partial charge in [-0.2, -0.15) is 9.61 Å². The molecule has 138 valence electrons. The van der Waals surface area contributed by atoms with Gasteiger partial charge in [0.1, 0.15) is 10.8 Å². The Hall–Kier alpha value is -2.46. The SMILES string of the molecule is Cc1nn2c(=O)cc(CN(C)Cc3ccc(OC(F)(F)F)cc3)nc2s1. The zero-order valence-corrected chi connectivity index (χ0v) is 14.8. The van der Waals surface area contributed by atoms with Crippen LogP contribution in [0, 0.1) is 6.92 Å². The van der Waals surface area contributed by atoms with Crippen molar-refractivity contribution >= 4 is 16.3 Å². The molecule has 0 spiro atoms. The summed E-state index contributed by atoms with van der Waals surface area (Å²) in [6.45, 7) is 2.70. The number of benzene rings is 1. The summed E-state index contributed by atoms with van der Waals surface area (Å²) < 4.78 is 41.6. The molecular weight excluding hydrogens is 369 g/mol. The van der Waals surface area contributed by atoms with Crippen LogP contribution >= 0.6 is 11.3 Å². The molecule has 3 rings (SSSR count). The van der Waals surface area contributed by atoms with E-state index >= 15 is 0 Å². The summed E-state index contributed by atoms with van der Waals surface area (Å²) in [4.78, 5) is 18.9. The Kier molecular flexibility index (Phi) is 4.97. The van der Waals surface area contributed by atoms with Crippen LogP contribution in [0.2, 0.25) is 0 Å². The van der Waals surface area contributed by atoms with Gasteiger partial charge < -0.3 is 4.74 Å². The fourth-order valence-corrected chi connectivity index (χ4v) is 3.24. The van der Waals surface area contributed by atoms with Crippen LogP contribution in [0.3, 0.4) is 0 Å². The Morgan fingerprint density at radius 3 is 2.58 bits per heavy atom. The summed E-state index contributed by atoms with van der Waals surface area (Å²) in [5, 5.41) is 4.84. The van der Waals surface area contributed by atoms with Gasteiger partial charge in [-0.15, -0.1) is 13.2 Å². The maximum atomic E-state index is 12.2. The summed E-state index contributed by atoms with van der Waals surface area (Å²) in [7, 11) is 1.83. The maximum absolute atomic E-state index is 12.2. The van der Waals surface area contributed by atoms with Crippen LogP contribution in [0.15, 0.2) is 35.1 Å². The van der Waals surface area contributed by atoms with E-state index in [0.717, 1.165) is 10.6 Å². The number of aryl methyl sites for hydroxylation is 1. The van der Waals surface area contributed by atoms with Gasteiger partial charge in [0, 0.05) is 19.2 Å². The Labute approximate surface area is 150 Å². The minimum atomic E-state index is -4.70. The molecule has 0 saturated heterocycles. The van der Waals surface area contributed by atoms with Crippen molar-refractivity contribution in [3.05, 3.63) is 57.0 Å². The molecule has 10 heteroatoms. The van der Waals surface area contributed by atoms with Gasteiger partial charge in [0.05, 0.1) is 5.69 Å². The molecular formula is C16H15F3N4O2S. The highest BCUT2D eigenvalue weighted by Gasteiger charge is 2.30. The summed E-state index contributed by atoms with van der Waals surface area (Å²) in [6.07, 6.45) is -4.70. The number of aromatic nitrogens is 3. The average Bonchev–Trinajstić information content (AvgIpc) is 2.89. The first-order valence-corrected chi connectivity index (χ1v) is 8.41. The van der Waals surface area contributed by atoms with Crippen molar-refractivity contribution in [2.24, 2.45) is 0 Å². The van der Waals surface area contributed by atoms with Gasteiger partial charge in [0.15, 0.2) is 0 Å². The van der Waals surface area contributed by atoms with Gasteiger partial charge in [-0.25, -0.2) is 4.98 Å². The Bertz CT molecular complexity index is 966. The van der Waals surface area contributed by atoms with Crippen LogP contribution in [0.25, 0.3) is 4.96 Å². The highest BCUT2D eigenvalue weighted by atomic mass is 32.1. The summed E-state index contributed by atoms with van der Waals surface area (Å²) in [5.41, 5.74) is 1.18. The first kappa shape index (κ1) is 18.3. The molecule has 0 N–H and O–H groups in total. The predicted octanol–water partition coefficient (Wildman–Crippen LogP) is 2.99. The number of hydrogen-bond acceptors (Lipinski definition) is 6. The van der Waals surface area contributed by atoms with E-state index < -0.39 is 6.36 Å². The van der Waals surface area contributed by atoms with E-state index in [1.807, 2.05) is 11.9 Å². The van der Waals surface area contributed by atoms with E-state index in [2.05, 4.69) is 14.8 Å². The zero-order valence-electron chi connectivity index (χ0n) is 13.9. The minimum absolute atomic E-state index is 0.239. The second kappa shape index (κ2) is 7.04. The first-order valence-electron chi connectivity index (χ1n) is 7.59. The predicted molar refractivity (Wildman–Crippen MR) is 90.2 cm³/mol. The molecule has 0 aliphatic heterocycles. The van der Waals surface area contributed by atoms with Crippen LogP contribution in [0.1, 0.15) is 16.3 Å². The van der Waals surface area contributed by atoms with E-state index in [4.69, 9.17) is 0 Å². The van der Waals surface area contributed by atoms with Gasteiger partial charge in [0.2, 0.25) is 4.96 Å². The molecule has 0 unspecified atom stereocenters. The largest absolute Gasteiger partial charge is 0.573 e. The molecule has 0 fully saturated rings. The van der Waals surface area contributed by atoms with Crippen molar-refractivity contribution in [1.29, 1.82) is 0 Å². The quantitative estimate of drug-likeness (QED) is 0.677. The first-order chi connectivity index (χ1) is 12.2. The summed E-state index contributed by atoms with van der Waals surface area (Å²) >= 11 is 1.33. The van der Waals surface area contributed by atoms with Gasteiger partial charge in [0.25, 0.3) is 5.56 Å². The van der Waals surface area contributed by atoms with Gasteiger partial charge in [-0.3, -0.25) is 9.69 Å². The van der Waals surface area contributed by atoms with E-state index in [0.29, 0.717) is 23.7 Å². The number of nitrogens with zero attached hydrogens (tertiary/aromatic N) is 4. The third-order valence-corrected chi connectivity index (χ3v) is 4.26. The van der Waals surface area contributed by atoms with Crippen molar-refractivity contribution in [3.63, 3.8) is 0 Å². The van der Waals surface area contributed by atoms with E-state index in [1.54, 1.807) is 19.1 Å². The Morgan fingerprint density at radius 1 is 1.23 bits per heavy atom. The molecule has 2 heterocycles. The third-order valence-electron chi connectivity index (χ3n) is 3.44. The lowest BCUT2D eigenvalue weighted by molar-refractivity contribution is -0.274. The number of alkyl halides is 3. The van der Waals surface area contributed by atoms with E-state index in [-0.39, 0.29) is 11.3 Å². The second-order valence-electron chi connectivity index (χ2n) is 5.77. The van der Waals surface area contributed by atoms with Crippen molar-refractivity contribution in [2.45, 2.75) is 26.4 Å². The van der Waals surface area contributed by atoms with Crippen molar-refractivity contribution in [2.75, 3.05) is 7.05 Å². The molecule has 0 saturated carbocycles. The zero-order chi connectivity index (χ0) is 18.9. The lowest BCUT2D eigenvalue weighted by Gasteiger charge is -2.16. The van der Waals surface area contributed by atoms with Gasteiger partial charge in [-0.1, -0.05) is 23.5 Å². The van der Waals surface area contributed by atoms with Crippen LogP contribution in [-0.2, 0) is 13.1 Å². The smallest absolute Gasteiger partial charge is 0.406 e. The number of rotatable bonds is 5. The normalized spacial score (nSPS) is 12.1. The van der Waals surface area contributed by atoms with Crippen molar-refractivity contribution < 1.29 is 17.9 Å². The van der Waals surface area contributed by atoms with Gasteiger partial charge in [-0.05, 0) is 31.7 Å². The molecule has 0 aliphatic carbocycles. The fourth-order valence-electron chi connectivity index (χ4n) is 2.47. The molecule has 0 bridgehead atoms. The Balaban J connectivity index is 1.67. The summed E-state index contributed by atoms with van der Waals surface area (Å²) in [5.74, 6) is -0.260. The second-order valence-corrected chi connectivity index (χ2v) is 6.93. The number of fused-ring (bicyclic) bond motifs is 1. The summed E-state index contributed by atoms with van der Waals surface area (Å²) in [6, 6.07) is 7.11. The molecule has 26 heavy (non-hydrogen) atoms. The molecule has 1 aromatic carbocycles. The van der Waals surface area contributed by atoms with E-state index in [1.165, 1.54) is 34.1 Å². The molecule has 0 amide bonds. The van der Waals surface area contributed by atoms with Crippen molar-refractivity contribution in [1.82, 2.24) is 19.5 Å². The molecule has 6 nitrogen and oxygen atoms in total.